The largest absolute Gasteiger partial charge is 0.301 e. The van der Waals surface area contributed by atoms with Crippen molar-refractivity contribution < 1.29 is 0 Å². The van der Waals surface area contributed by atoms with Crippen molar-refractivity contribution in [3.05, 3.63) is 0 Å². The zero-order chi connectivity index (χ0) is 13.7. The van der Waals surface area contributed by atoms with E-state index in [4.69, 9.17) is 0 Å². The Bertz CT molecular complexity index is 318. The molecule has 0 aromatic heterocycles. The second-order valence-electron chi connectivity index (χ2n) is 6.34. The predicted molar refractivity (Wildman–Crippen MR) is 78.9 cm³/mol. The third-order valence-electron chi connectivity index (χ3n) is 4.72. The highest BCUT2D eigenvalue weighted by atomic mass is 15.2. The molecule has 2 unspecified atom stereocenters. The van der Waals surface area contributed by atoms with Crippen molar-refractivity contribution >= 4 is 0 Å². The average Bonchev–Trinajstić information content (AvgIpc) is 3.24. The number of nitrogens with zero attached hydrogens (tertiary/aromatic N) is 2. The summed E-state index contributed by atoms with van der Waals surface area (Å²) in [4.78, 5) is 2.60. The first kappa shape index (κ1) is 14.8. The first-order valence-electron chi connectivity index (χ1n) is 8.16. The van der Waals surface area contributed by atoms with Gasteiger partial charge in [0.15, 0.2) is 0 Å². The number of hydrogen-bond donors (Lipinski definition) is 1. The third kappa shape index (κ3) is 3.94. The minimum Gasteiger partial charge on any atom is -0.301 e. The summed E-state index contributed by atoms with van der Waals surface area (Å²) in [5.41, 5.74) is -0.232. The van der Waals surface area contributed by atoms with Gasteiger partial charge < -0.3 is 4.90 Å². The molecule has 0 aromatic carbocycles. The van der Waals surface area contributed by atoms with Gasteiger partial charge in [-0.2, -0.15) is 5.26 Å². The Morgan fingerprint density at radius 1 is 1.32 bits per heavy atom. The van der Waals surface area contributed by atoms with E-state index in [1.165, 1.54) is 45.1 Å². The molecule has 0 heterocycles. The normalized spacial score (nSPS) is 31.4. The molecular weight excluding hydrogens is 234 g/mol. The number of unbranched alkanes of at least 4 members (excludes halogenated alkanes) is 1. The lowest BCUT2D eigenvalue weighted by molar-refractivity contribution is 0.122. The molecule has 0 aromatic rings. The predicted octanol–water partition coefficient (Wildman–Crippen LogP) is 3.07. The van der Waals surface area contributed by atoms with Crippen LogP contribution < -0.4 is 5.32 Å². The van der Waals surface area contributed by atoms with E-state index in [0.29, 0.717) is 12.1 Å². The molecule has 3 heteroatoms. The SMILES string of the molecule is CCCCN(CC)C1CCCC(C#N)(NC2CC2)C1. The first-order chi connectivity index (χ1) is 9.23. The van der Waals surface area contributed by atoms with Crippen LogP contribution in [0.2, 0.25) is 0 Å². The topological polar surface area (TPSA) is 39.1 Å². The Kier molecular flexibility index (Phi) is 5.24. The van der Waals surface area contributed by atoms with Crippen molar-refractivity contribution in [1.29, 1.82) is 5.26 Å². The van der Waals surface area contributed by atoms with Gasteiger partial charge >= 0.3 is 0 Å². The highest BCUT2D eigenvalue weighted by Crippen LogP contribution is 2.34. The lowest BCUT2D eigenvalue weighted by Gasteiger charge is -2.41. The van der Waals surface area contributed by atoms with Crippen LogP contribution in [0.4, 0.5) is 0 Å². The molecule has 19 heavy (non-hydrogen) atoms. The van der Waals surface area contributed by atoms with Crippen molar-refractivity contribution in [2.24, 2.45) is 0 Å². The molecular formula is C16H29N3. The first-order valence-corrected chi connectivity index (χ1v) is 8.16. The Balaban J connectivity index is 1.95. The molecule has 0 radical (unpaired) electrons. The van der Waals surface area contributed by atoms with Crippen molar-refractivity contribution in [1.82, 2.24) is 10.2 Å². The fraction of sp³-hybridized carbons (Fsp3) is 0.938. The Hall–Kier alpha value is -0.590. The third-order valence-corrected chi connectivity index (χ3v) is 4.72. The van der Waals surface area contributed by atoms with Crippen molar-refractivity contribution in [3.63, 3.8) is 0 Å². The molecule has 2 fully saturated rings. The fourth-order valence-corrected chi connectivity index (χ4v) is 3.40. The lowest BCUT2D eigenvalue weighted by Crippen LogP contribution is -2.53. The second-order valence-corrected chi connectivity index (χ2v) is 6.34. The van der Waals surface area contributed by atoms with Gasteiger partial charge in [0.05, 0.1) is 6.07 Å². The van der Waals surface area contributed by atoms with E-state index in [9.17, 15) is 5.26 Å². The van der Waals surface area contributed by atoms with E-state index in [-0.39, 0.29) is 5.54 Å². The maximum Gasteiger partial charge on any atom is 0.108 e. The number of nitriles is 1. The van der Waals surface area contributed by atoms with E-state index in [1.54, 1.807) is 0 Å². The summed E-state index contributed by atoms with van der Waals surface area (Å²) in [7, 11) is 0. The smallest absolute Gasteiger partial charge is 0.108 e. The van der Waals surface area contributed by atoms with E-state index < -0.39 is 0 Å². The van der Waals surface area contributed by atoms with Crippen LogP contribution >= 0.6 is 0 Å². The van der Waals surface area contributed by atoms with Gasteiger partial charge in [-0.05, 0) is 58.0 Å². The Morgan fingerprint density at radius 2 is 2.11 bits per heavy atom. The van der Waals surface area contributed by atoms with Crippen LogP contribution in [0.25, 0.3) is 0 Å². The summed E-state index contributed by atoms with van der Waals surface area (Å²) < 4.78 is 0. The van der Waals surface area contributed by atoms with Crippen molar-refractivity contribution in [2.45, 2.75) is 82.8 Å². The van der Waals surface area contributed by atoms with Gasteiger partial charge in [0.1, 0.15) is 5.54 Å². The van der Waals surface area contributed by atoms with Gasteiger partial charge in [-0.15, -0.1) is 0 Å². The molecule has 0 saturated heterocycles. The molecule has 0 spiro atoms. The van der Waals surface area contributed by atoms with Crippen LogP contribution in [0.15, 0.2) is 0 Å². The Labute approximate surface area is 118 Å². The number of hydrogen-bond acceptors (Lipinski definition) is 3. The molecule has 2 aliphatic rings. The van der Waals surface area contributed by atoms with Gasteiger partial charge in [0.25, 0.3) is 0 Å². The molecule has 2 rings (SSSR count). The van der Waals surface area contributed by atoms with E-state index >= 15 is 0 Å². The van der Waals surface area contributed by atoms with E-state index in [2.05, 4.69) is 30.1 Å². The molecule has 0 amide bonds. The molecule has 108 valence electrons. The molecule has 0 aliphatic heterocycles. The highest BCUT2D eigenvalue weighted by Gasteiger charge is 2.41. The second kappa shape index (κ2) is 6.72. The molecule has 2 aliphatic carbocycles. The van der Waals surface area contributed by atoms with E-state index in [1.807, 2.05) is 0 Å². The monoisotopic (exact) mass is 263 g/mol. The number of nitrogens with one attached hydrogen (secondary N) is 1. The van der Waals surface area contributed by atoms with Crippen molar-refractivity contribution in [2.75, 3.05) is 13.1 Å². The van der Waals surface area contributed by atoms with Crippen molar-refractivity contribution in [3.8, 4) is 6.07 Å². The summed E-state index contributed by atoms with van der Waals surface area (Å²) in [6.07, 6.45) is 9.60. The zero-order valence-electron chi connectivity index (χ0n) is 12.6. The molecule has 1 N–H and O–H groups in total. The van der Waals surface area contributed by atoms with Gasteiger partial charge in [0, 0.05) is 12.1 Å². The lowest BCUT2D eigenvalue weighted by atomic mass is 9.79. The summed E-state index contributed by atoms with van der Waals surface area (Å²) in [5, 5.41) is 13.3. The maximum absolute atomic E-state index is 9.64. The minimum atomic E-state index is -0.232. The average molecular weight is 263 g/mol. The minimum absolute atomic E-state index is 0.232. The van der Waals surface area contributed by atoms with E-state index in [0.717, 1.165) is 19.4 Å². The summed E-state index contributed by atoms with van der Waals surface area (Å²) in [6.45, 7) is 6.83. The van der Waals surface area contributed by atoms with Crippen LogP contribution in [0, 0.1) is 11.3 Å². The summed E-state index contributed by atoms with van der Waals surface area (Å²) in [5.74, 6) is 0. The van der Waals surface area contributed by atoms with Crippen LogP contribution in [0.5, 0.6) is 0 Å². The molecule has 3 nitrogen and oxygen atoms in total. The van der Waals surface area contributed by atoms with Crippen LogP contribution in [-0.4, -0.2) is 35.6 Å². The van der Waals surface area contributed by atoms with Crippen LogP contribution in [-0.2, 0) is 0 Å². The van der Waals surface area contributed by atoms with Gasteiger partial charge in [0.2, 0.25) is 0 Å². The molecule has 2 atom stereocenters. The standard InChI is InChI=1S/C16H29N3/c1-3-5-11-19(4-2)15-7-6-10-16(12-15,13-17)18-14-8-9-14/h14-15,18H,3-12H2,1-2H3. The van der Waals surface area contributed by atoms with Crippen LogP contribution in [0.3, 0.4) is 0 Å². The molecule has 2 saturated carbocycles. The Morgan fingerprint density at radius 3 is 2.68 bits per heavy atom. The fourth-order valence-electron chi connectivity index (χ4n) is 3.40. The van der Waals surface area contributed by atoms with Crippen LogP contribution in [0.1, 0.15) is 65.2 Å². The van der Waals surface area contributed by atoms with Gasteiger partial charge in [-0.3, -0.25) is 5.32 Å². The number of rotatable bonds is 7. The summed E-state index contributed by atoms with van der Waals surface area (Å²) in [6, 6.07) is 3.85. The highest BCUT2D eigenvalue weighted by molar-refractivity contribution is 5.13. The van der Waals surface area contributed by atoms with Gasteiger partial charge in [-0.1, -0.05) is 20.3 Å². The quantitative estimate of drug-likeness (QED) is 0.767. The zero-order valence-corrected chi connectivity index (χ0v) is 12.6. The molecule has 0 bridgehead atoms. The maximum atomic E-state index is 9.64. The summed E-state index contributed by atoms with van der Waals surface area (Å²) >= 11 is 0. The van der Waals surface area contributed by atoms with Gasteiger partial charge in [-0.25, -0.2) is 0 Å².